The van der Waals surface area contributed by atoms with E-state index in [9.17, 15) is 13.2 Å². The molecule has 5 nitrogen and oxygen atoms in total. The first kappa shape index (κ1) is 11.5. The number of hydrogen-bond acceptors (Lipinski definition) is 4. The van der Waals surface area contributed by atoms with Gasteiger partial charge in [-0.1, -0.05) is 0 Å². The van der Waals surface area contributed by atoms with Crippen LogP contribution in [0.5, 0.6) is 0 Å². The van der Waals surface area contributed by atoms with Crippen LogP contribution in [0.4, 0.5) is 0 Å². The van der Waals surface area contributed by atoms with E-state index < -0.39 is 9.84 Å². The lowest BCUT2D eigenvalue weighted by atomic mass is 10.2. The van der Waals surface area contributed by atoms with Gasteiger partial charge in [0.1, 0.15) is 0 Å². The third kappa shape index (κ3) is 2.45. The topological polar surface area (TPSA) is 80.5 Å². The molecule has 0 bridgehead atoms. The number of carbonyl (C=O) groups is 1. The van der Waals surface area contributed by atoms with Crippen molar-refractivity contribution in [3.8, 4) is 0 Å². The molecule has 0 radical (unpaired) electrons. The highest BCUT2D eigenvalue weighted by atomic mass is 32.2. The number of nitrogens with two attached hydrogens (primary N) is 1. The molecule has 82 valence electrons. The van der Waals surface area contributed by atoms with Crippen LogP contribution in [0, 0.1) is 0 Å². The SMILES string of the molecule is CCN(C(=O)CN)C1CCS(=O)(=O)C1. The zero-order valence-electron chi connectivity index (χ0n) is 8.27. The first-order valence-electron chi connectivity index (χ1n) is 4.70. The Morgan fingerprint density at radius 2 is 2.21 bits per heavy atom. The minimum absolute atomic E-state index is 0.0512. The molecule has 1 saturated heterocycles. The van der Waals surface area contributed by atoms with Gasteiger partial charge in [-0.2, -0.15) is 0 Å². The predicted octanol–water partition coefficient (Wildman–Crippen LogP) is -1.02. The molecule has 1 fully saturated rings. The molecule has 6 heteroatoms. The third-order valence-corrected chi connectivity index (χ3v) is 4.24. The monoisotopic (exact) mass is 220 g/mol. The molecule has 1 aliphatic heterocycles. The first-order valence-corrected chi connectivity index (χ1v) is 6.52. The van der Waals surface area contributed by atoms with E-state index >= 15 is 0 Å². The second-order valence-electron chi connectivity index (χ2n) is 3.44. The Balaban J connectivity index is 2.69. The van der Waals surface area contributed by atoms with Crippen LogP contribution in [0.3, 0.4) is 0 Å². The maximum absolute atomic E-state index is 11.3. The highest BCUT2D eigenvalue weighted by Gasteiger charge is 2.33. The Labute approximate surface area is 84.2 Å². The minimum Gasteiger partial charge on any atom is -0.338 e. The van der Waals surface area contributed by atoms with Crippen molar-refractivity contribution in [1.29, 1.82) is 0 Å². The first-order chi connectivity index (χ1) is 6.50. The fraction of sp³-hybridized carbons (Fsp3) is 0.875. The van der Waals surface area contributed by atoms with Crippen molar-refractivity contribution in [3.05, 3.63) is 0 Å². The van der Waals surface area contributed by atoms with Crippen molar-refractivity contribution in [2.75, 3.05) is 24.6 Å². The second-order valence-corrected chi connectivity index (χ2v) is 5.67. The lowest BCUT2D eigenvalue weighted by Crippen LogP contribution is -2.43. The van der Waals surface area contributed by atoms with Crippen LogP contribution in [-0.2, 0) is 14.6 Å². The molecule has 0 spiro atoms. The quantitative estimate of drug-likeness (QED) is 0.660. The molecule has 2 N–H and O–H groups in total. The summed E-state index contributed by atoms with van der Waals surface area (Å²) in [4.78, 5) is 12.9. The number of carbonyl (C=O) groups excluding carboxylic acids is 1. The lowest BCUT2D eigenvalue weighted by Gasteiger charge is -2.26. The Kier molecular flexibility index (Phi) is 3.49. The second kappa shape index (κ2) is 4.27. The smallest absolute Gasteiger partial charge is 0.236 e. The number of hydrogen-bond donors (Lipinski definition) is 1. The van der Waals surface area contributed by atoms with Gasteiger partial charge in [0, 0.05) is 12.6 Å². The summed E-state index contributed by atoms with van der Waals surface area (Å²) in [6.45, 7) is 2.30. The van der Waals surface area contributed by atoms with E-state index in [1.807, 2.05) is 6.92 Å². The van der Waals surface area contributed by atoms with Gasteiger partial charge in [-0.15, -0.1) is 0 Å². The molecular formula is C8H16N2O3S. The van der Waals surface area contributed by atoms with Gasteiger partial charge in [-0.25, -0.2) is 8.42 Å². The number of rotatable bonds is 3. The number of likely N-dealkylation sites (N-methyl/N-ethyl adjacent to an activating group) is 1. The van der Waals surface area contributed by atoms with Crippen molar-refractivity contribution in [3.63, 3.8) is 0 Å². The van der Waals surface area contributed by atoms with Gasteiger partial charge >= 0.3 is 0 Å². The van der Waals surface area contributed by atoms with Gasteiger partial charge < -0.3 is 10.6 Å². The summed E-state index contributed by atoms with van der Waals surface area (Å²) in [5.74, 6) is 0.105. The molecule has 0 saturated carbocycles. The molecule has 1 amide bonds. The highest BCUT2D eigenvalue weighted by molar-refractivity contribution is 7.91. The summed E-state index contributed by atoms with van der Waals surface area (Å²) in [6.07, 6.45) is 0.544. The highest BCUT2D eigenvalue weighted by Crippen LogP contribution is 2.17. The zero-order valence-corrected chi connectivity index (χ0v) is 9.09. The van der Waals surface area contributed by atoms with Crippen molar-refractivity contribution in [2.45, 2.75) is 19.4 Å². The summed E-state index contributed by atoms with van der Waals surface area (Å²) in [5.41, 5.74) is 5.24. The van der Waals surface area contributed by atoms with Crippen LogP contribution < -0.4 is 5.73 Å². The fourth-order valence-corrected chi connectivity index (χ4v) is 3.51. The van der Waals surface area contributed by atoms with E-state index in [-0.39, 0.29) is 30.0 Å². The van der Waals surface area contributed by atoms with Gasteiger partial charge in [-0.3, -0.25) is 4.79 Å². The van der Waals surface area contributed by atoms with Crippen LogP contribution in [0.25, 0.3) is 0 Å². The normalized spacial score (nSPS) is 24.9. The van der Waals surface area contributed by atoms with E-state index in [4.69, 9.17) is 5.73 Å². The average molecular weight is 220 g/mol. The standard InChI is InChI=1S/C8H16N2O3S/c1-2-10(8(11)5-9)7-3-4-14(12,13)6-7/h7H,2-6,9H2,1H3. The maximum atomic E-state index is 11.3. The minimum atomic E-state index is -2.93. The zero-order chi connectivity index (χ0) is 10.8. The van der Waals surface area contributed by atoms with Gasteiger partial charge in [0.15, 0.2) is 9.84 Å². The molecule has 1 heterocycles. The van der Waals surface area contributed by atoms with Gasteiger partial charge in [-0.05, 0) is 13.3 Å². The molecule has 1 atom stereocenters. The van der Waals surface area contributed by atoms with E-state index in [1.54, 1.807) is 4.90 Å². The predicted molar refractivity (Wildman–Crippen MR) is 53.5 cm³/mol. The van der Waals surface area contributed by atoms with Crippen LogP contribution in [-0.4, -0.2) is 49.9 Å². The maximum Gasteiger partial charge on any atom is 0.236 e. The Bertz CT molecular complexity index is 313. The molecule has 1 unspecified atom stereocenters. The molecular weight excluding hydrogens is 204 g/mol. The summed E-state index contributed by atoms with van der Waals surface area (Å²) in [7, 11) is -2.93. The average Bonchev–Trinajstić information content (AvgIpc) is 2.47. The molecule has 0 aliphatic carbocycles. The van der Waals surface area contributed by atoms with Crippen molar-refractivity contribution in [1.82, 2.24) is 4.90 Å². The number of amides is 1. The van der Waals surface area contributed by atoms with Gasteiger partial charge in [0.05, 0.1) is 18.1 Å². The summed E-state index contributed by atoms with van der Waals surface area (Å²) < 4.78 is 22.4. The van der Waals surface area contributed by atoms with E-state index in [1.165, 1.54) is 0 Å². The molecule has 0 aromatic heterocycles. The largest absolute Gasteiger partial charge is 0.338 e. The van der Waals surface area contributed by atoms with Crippen LogP contribution in [0.2, 0.25) is 0 Å². The summed E-state index contributed by atoms with van der Waals surface area (Å²) in [6, 6.07) is -0.166. The van der Waals surface area contributed by atoms with E-state index in [2.05, 4.69) is 0 Å². The van der Waals surface area contributed by atoms with E-state index in [0.717, 1.165) is 0 Å². The molecule has 0 aromatic carbocycles. The Hall–Kier alpha value is -0.620. The number of nitrogens with zero attached hydrogens (tertiary/aromatic N) is 1. The molecule has 0 aromatic rings. The molecule has 1 rings (SSSR count). The van der Waals surface area contributed by atoms with Gasteiger partial charge in [0.2, 0.25) is 5.91 Å². The van der Waals surface area contributed by atoms with Crippen LogP contribution in [0.15, 0.2) is 0 Å². The number of sulfone groups is 1. The Morgan fingerprint density at radius 1 is 1.57 bits per heavy atom. The third-order valence-electron chi connectivity index (χ3n) is 2.48. The van der Waals surface area contributed by atoms with E-state index in [0.29, 0.717) is 13.0 Å². The summed E-state index contributed by atoms with van der Waals surface area (Å²) >= 11 is 0. The van der Waals surface area contributed by atoms with Gasteiger partial charge in [0.25, 0.3) is 0 Å². The summed E-state index contributed by atoms with van der Waals surface area (Å²) in [5, 5.41) is 0. The van der Waals surface area contributed by atoms with Crippen molar-refractivity contribution in [2.24, 2.45) is 5.73 Å². The fourth-order valence-electron chi connectivity index (χ4n) is 1.78. The molecule has 14 heavy (non-hydrogen) atoms. The van der Waals surface area contributed by atoms with Crippen LogP contribution in [0.1, 0.15) is 13.3 Å². The molecule has 1 aliphatic rings. The van der Waals surface area contributed by atoms with Crippen LogP contribution >= 0.6 is 0 Å². The van der Waals surface area contributed by atoms with Crippen molar-refractivity contribution >= 4 is 15.7 Å². The Morgan fingerprint density at radius 3 is 2.57 bits per heavy atom. The lowest BCUT2D eigenvalue weighted by molar-refractivity contribution is -0.131. The van der Waals surface area contributed by atoms with Crippen molar-refractivity contribution < 1.29 is 13.2 Å².